The molecule has 0 atom stereocenters. The third kappa shape index (κ3) is 3.08. The number of halogens is 2. The molecular weight excluding hydrogens is 296 g/mol. The highest BCUT2D eigenvalue weighted by molar-refractivity contribution is 7.15. The predicted octanol–water partition coefficient (Wildman–Crippen LogP) is 2.44. The van der Waals surface area contributed by atoms with Crippen molar-refractivity contribution in [2.75, 3.05) is 5.32 Å². The Hall–Kier alpha value is -1.86. The van der Waals surface area contributed by atoms with Gasteiger partial charge in [-0.25, -0.2) is 13.8 Å². The van der Waals surface area contributed by atoms with Crippen LogP contribution in [-0.4, -0.2) is 16.4 Å². The molecule has 2 aromatic rings. The van der Waals surface area contributed by atoms with Crippen molar-refractivity contribution in [1.82, 2.24) is 4.98 Å². The molecule has 4 nitrogen and oxygen atoms in total. The van der Waals surface area contributed by atoms with Gasteiger partial charge in [0.2, 0.25) is 5.91 Å². The summed E-state index contributed by atoms with van der Waals surface area (Å²) in [5, 5.41) is 3.15. The first-order chi connectivity index (χ1) is 9.96. The Bertz CT molecular complexity index is 697. The van der Waals surface area contributed by atoms with Gasteiger partial charge in [0.15, 0.2) is 16.8 Å². The van der Waals surface area contributed by atoms with E-state index < -0.39 is 17.2 Å². The molecule has 0 aliphatic heterocycles. The number of nitrogens with zero attached hydrogens (tertiary/aromatic N) is 1. The zero-order chi connectivity index (χ0) is 15.0. The minimum absolute atomic E-state index is 0.226. The molecular formula is C14H13F2N3OS. The summed E-state index contributed by atoms with van der Waals surface area (Å²) in [4.78, 5) is 16.7. The van der Waals surface area contributed by atoms with Crippen LogP contribution in [-0.2, 0) is 11.2 Å². The molecule has 0 saturated heterocycles. The maximum absolute atomic E-state index is 13.1. The van der Waals surface area contributed by atoms with Crippen LogP contribution in [0.5, 0.6) is 0 Å². The van der Waals surface area contributed by atoms with Gasteiger partial charge in [0.25, 0.3) is 0 Å². The second kappa shape index (κ2) is 5.16. The lowest BCUT2D eigenvalue weighted by Crippen LogP contribution is -2.37. The third-order valence-electron chi connectivity index (χ3n) is 3.38. The highest BCUT2D eigenvalue weighted by Gasteiger charge is 2.46. The van der Waals surface area contributed by atoms with Crippen molar-refractivity contribution in [3.8, 4) is 0 Å². The number of hydrogen-bond donors (Lipinski definition) is 2. The average molecular weight is 309 g/mol. The Kier molecular flexibility index (Phi) is 3.46. The van der Waals surface area contributed by atoms with Crippen LogP contribution < -0.4 is 11.1 Å². The Morgan fingerprint density at radius 2 is 2.14 bits per heavy atom. The van der Waals surface area contributed by atoms with Crippen molar-refractivity contribution in [1.29, 1.82) is 0 Å². The summed E-state index contributed by atoms with van der Waals surface area (Å²) in [6.07, 6.45) is 3.41. The van der Waals surface area contributed by atoms with E-state index in [0.29, 0.717) is 30.0 Å². The lowest BCUT2D eigenvalue weighted by Gasteiger charge is -2.06. The van der Waals surface area contributed by atoms with E-state index in [4.69, 9.17) is 5.73 Å². The van der Waals surface area contributed by atoms with Crippen LogP contribution in [0.1, 0.15) is 23.3 Å². The number of amides is 1. The number of thiazole rings is 1. The zero-order valence-electron chi connectivity index (χ0n) is 11.0. The maximum Gasteiger partial charge on any atom is 0.246 e. The van der Waals surface area contributed by atoms with Crippen LogP contribution in [0.15, 0.2) is 24.4 Å². The molecule has 0 radical (unpaired) electrons. The van der Waals surface area contributed by atoms with Crippen molar-refractivity contribution >= 4 is 22.4 Å². The van der Waals surface area contributed by atoms with E-state index in [1.54, 1.807) is 6.20 Å². The van der Waals surface area contributed by atoms with Gasteiger partial charge in [0.05, 0.1) is 5.54 Å². The molecule has 0 unspecified atom stereocenters. The number of nitrogens with two attached hydrogens (primary N) is 1. The lowest BCUT2D eigenvalue weighted by atomic mass is 10.1. The maximum atomic E-state index is 13.1. The summed E-state index contributed by atoms with van der Waals surface area (Å²) >= 11 is 1.30. The summed E-state index contributed by atoms with van der Waals surface area (Å²) in [5.74, 6) is -1.96. The van der Waals surface area contributed by atoms with Crippen molar-refractivity contribution < 1.29 is 13.6 Å². The summed E-state index contributed by atoms with van der Waals surface area (Å²) < 4.78 is 26.0. The topological polar surface area (TPSA) is 68.0 Å². The van der Waals surface area contributed by atoms with Crippen molar-refractivity contribution in [2.24, 2.45) is 5.73 Å². The van der Waals surface area contributed by atoms with Crippen molar-refractivity contribution in [3.05, 3.63) is 46.5 Å². The highest BCUT2D eigenvalue weighted by Crippen LogP contribution is 2.34. The number of nitrogens with one attached hydrogen (secondary N) is 1. The van der Waals surface area contributed by atoms with Gasteiger partial charge in [0, 0.05) is 17.5 Å². The average Bonchev–Trinajstić information content (AvgIpc) is 3.05. The van der Waals surface area contributed by atoms with Crippen molar-refractivity contribution in [3.63, 3.8) is 0 Å². The lowest BCUT2D eigenvalue weighted by molar-refractivity contribution is -0.118. The fourth-order valence-electron chi connectivity index (χ4n) is 1.88. The van der Waals surface area contributed by atoms with E-state index in [-0.39, 0.29) is 5.91 Å². The van der Waals surface area contributed by atoms with E-state index >= 15 is 0 Å². The molecule has 3 rings (SSSR count). The van der Waals surface area contributed by atoms with Gasteiger partial charge in [-0.15, -0.1) is 11.3 Å². The summed E-state index contributed by atoms with van der Waals surface area (Å²) in [7, 11) is 0. The second-order valence-corrected chi connectivity index (χ2v) is 6.28. The van der Waals surface area contributed by atoms with Gasteiger partial charge in [-0.3, -0.25) is 4.79 Å². The molecule has 1 heterocycles. The van der Waals surface area contributed by atoms with Crippen LogP contribution in [0.4, 0.5) is 13.9 Å². The van der Waals surface area contributed by atoms with Crippen LogP contribution in [0.3, 0.4) is 0 Å². The number of hydrogen-bond acceptors (Lipinski definition) is 4. The standard InChI is InChI=1S/C14H13F2N3OS/c15-10-2-1-8(6-11(10)16)5-9-7-18-13(21-9)19-12(20)14(17)3-4-14/h1-2,6-7H,3-5,17H2,(H,18,19,20). The number of anilines is 1. The SMILES string of the molecule is NC1(C(=O)Nc2ncc(Cc3ccc(F)c(F)c3)s2)CC1. The van der Waals surface area contributed by atoms with E-state index in [2.05, 4.69) is 10.3 Å². The minimum atomic E-state index is -0.871. The van der Waals surface area contributed by atoms with Gasteiger partial charge >= 0.3 is 0 Å². The molecule has 110 valence electrons. The Morgan fingerprint density at radius 3 is 2.81 bits per heavy atom. The molecule has 0 bridgehead atoms. The molecule has 21 heavy (non-hydrogen) atoms. The fourth-order valence-corrected chi connectivity index (χ4v) is 2.72. The number of benzene rings is 1. The number of rotatable bonds is 4. The third-order valence-corrected chi connectivity index (χ3v) is 4.29. The number of carbonyl (C=O) groups excluding carboxylic acids is 1. The molecule has 1 amide bonds. The Labute approximate surface area is 124 Å². The molecule has 0 spiro atoms. The first-order valence-electron chi connectivity index (χ1n) is 6.45. The first-order valence-corrected chi connectivity index (χ1v) is 7.27. The quantitative estimate of drug-likeness (QED) is 0.911. The largest absolute Gasteiger partial charge is 0.317 e. The first kappa shape index (κ1) is 14.1. The smallest absolute Gasteiger partial charge is 0.246 e. The van der Waals surface area contributed by atoms with Gasteiger partial charge < -0.3 is 11.1 Å². The molecule has 7 heteroatoms. The minimum Gasteiger partial charge on any atom is -0.317 e. The van der Waals surface area contributed by atoms with E-state index in [1.807, 2.05) is 0 Å². The molecule has 1 saturated carbocycles. The van der Waals surface area contributed by atoms with Gasteiger partial charge in [0.1, 0.15) is 0 Å². The molecule has 1 fully saturated rings. The monoisotopic (exact) mass is 309 g/mol. The summed E-state index contributed by atoms with van der Waals surface area (Å²) in [6.45, 7) is 0. The zero-order valence-corrected chi connectivity index (χ0v) is 11.8. The van der Waals surface area contributed by atoms with Gasteiger partial charge in [-0.2, -0.15) is 0 Å². The van der Waals surface area contributed by atoms with Crippen molar-refractivity contribution in [2.45, 2.75) is 24.8 Å². The Balaban J connectivity index is 1.67. The van der Waals surface area contributed by atoms with Crippen LogP contribution in [0.25, 0.3) is 0 Å². The van der Waals surface area contributed by atoms with Crippen LogP contribution >= 0.6 is 11.3 Å². The van der Waals surface area contributed by atoms with Crippen LogP contribution in [0.2, 0.25) is 0 Å². The molecule has 1 aromatic heterocycles. The van der Waals surface area contributed by atoms with Crippen LogP contribution in [0, 0.1) is 11.6 Å². The summed E-state index contributed by atoms with van der Waals surface area (Å²) in [6, 6.07) is 3.78. The predicted molar refractivity (Wildman–Crippen MR) is 76.1 cm³/mol. The van der Waals surface area contributed by atoms with E-state index in [0.717, 1.165) is 17.0 Å². The van der Waals surface area contributed by atoms with Gasteiger partial charge in [-0.1, -0.05) is 6.07 Å². The number of aromatic nitrogens is 1. The fraction of sp³-hybridized carbons (Fsp3) is 0.286. The molecule has 1 aromatic carbocycles. The molecule has 3 N–H and O–H groups in total. The van der Waals surface area contributed by atoms with E-state index in [1.165, 1.54) is 17.4 Å². The van der Waals surface area contributed by atoms with E-state index in [9.17, 15) is 13.6 Å². The Morgan fingerprint density at radius 1 is 1.38 bits per heavy atom. The molecule has 1 aliphatic rings. The highest BCUT2D eigenvalue weighted by atomic mass is 32.1. The molecule has 1 aliphatic carbocycles. The van der Waals surface area contributed by atoms with Gasteiger partial charge in [-0.05, 0) is 30.5 Å². The second-order valence-electron chi connectivity index (χ2n) is 5.17. The summed E-state index contributed by atoms with van der Waals surface area (Å²) in [5.41, 5.74) is 5.69. The number of carbonyl (C=O) groups is 1. The normalized spacial score (nSPS) is 15.8.